The highest BCUT2D eigenvalue weighted by molar-refractivity contribution is 5.94. The van der Waals surface area contributed by atoms with Gasteiger partial charge in [-0.3, -0.25) is 9.59 Å². The van der Waals surface area contributed by atoms with E-state index in [1.807, 2.05) is 12.1 Å². The number of ether oxygens (including phenoxy) is 2. The van der Waals surface area contributed by atoms with Crippen LogP contribution in [0.5, 0.6) is 5.75 Å². The number of halogens is 1. The highest BCUT2D eigenvalue weighted by atomic mass is 19.1. The lowest BCUT2D eigenvalue weighted by atomic mass is 10.1. The van der Waals surface area contributed by atoms with Gasteiger partial charge < -0.3 is 14.4 Å². The predicted molar refractivity (Wildman–Crippen MR) is 95.3 cm³/mol. The minimum atomic E-state index is -0.484. The Morgan fingerprint density at radius 3 is 2.19 bits per heavy atom. The van der Waals surface area contributed by atoms with Crippen molar-refractivity contribution in [1.29, 1.82) is 0 Å². The molecule has 138 valence electrons. The van der Waals surface area contributed by atoms with Gasteiger partial charge in [-0.2, -0.15) is 0 Å². The Balaban J connectivity index is 2.23. The fourth-order valence-electron chi connectivity index (χ4n) is 2.55. The number of hydrogen-bond donors (Lipinski definition) is 0. The Hall–Kier alpha value is -2.89. The quantitative estimate of drug-likeness (QED) is 0.712. The minimum absolute atomic E-state index is 0.189. The summed E-state index contributed by atoms with van der Waals surface area (Å²) in [6.07, 6.45) is 0. The van der Waals surface area contributed by atoms with E-state index in [-0.39, 0.29) is 12.5 Å². The first kappa shape index (κ1) is 19.4. The molecule has 0 bridgehead atoms. The van der Waals surface area contributed by atoms with Crippen LogP contribution in [0.25, 0.3) is 0 Å². The Kier molecular flexibility index (Phi) is 6.72. The van der Waals surface area contributed by atoms with Crippen LogP contribution in [0.2, 0.25) is 0 Å². The maximum Gasteiger partial charge on any atom is 0.310 e. The molecule has 0 aliphatic heterocycles. The van der Waals surface area contributed by atoms with Gasteiger partial charge in [-0.05, 0) is 42.0 Å². The maximum atomic E-state index is 13.1. The first-order chi connectivity index (χ1) is 12.4. The molecule has 1 unspecified atom stereocenters. The van der Waals surface area contributed by atoms with Gasteiger partial charge in [0.1, 0.15) is 11.6 Å². The SMILES string of the molecule is COC(=O)C(C)CN(Cc1ccc(OC)cc1)C(=O)c1ccc(F)cc1. The molecule has 1 amide bonds. The summed E-state index contributed by atoms with van der Waals surface area (Å²) in [4.78, 5) is 26.2. The van der Waals surface area contributed by atoms with Gasteiger partial charge in [0, 0.05) is 18.7 Å². The lowest BCUT2D eigenvalue weighted by Gasteiger charge is -2.25. The van der Waals surface area contributed by atoms with Crippen molar-refractivity contribution in [3.8, 4) is 5.75 Å². The van der Waals surface area contributed by atoms with E-state index in [9.17, 15) is 14.0 Å². The number of amides is 1. The Morgan fingerprint density at radius 1 is 1.04 bits per heavy atom. The molecular formula is C20H22FNO4. The summed E-state index contributed by atoms with van der Waals surface area (Å²) in [6.45, 7) is 2.20. The molecule has 1 atom stereocenters. The Labute approximate surface area is 152 Å². The lowest BCUT2D eigenvalue weighted by Crippen LogP contribution is -2.36. The molecule has 0 aliphatic carbocycles. The first-order valence-corrected chi connectivity index (χ1v) is 8.20. The molecule has 0 N–H and O–H groups in total. The van der Waals surface area contributed by atoms with Crippen LogP contribution in [0.1, 0.15) is 22.8 Å². The Bertz CT molecular complexity index is 743. The number of esters is 1. The standard InChI is InChI=1S/C20H22FNO4/c1-14(20(24)26-3)12-22(13-15-4-10-18(25-2)11-5-15)19(23)16-6-8-17(21)9-7-16/h4-11,14H,12-13H2,1-3H3. The van der Waals surface area contributed by atoms with Crippen LogP contribution in [0.3, 0.4) is 0 Å². The molecule has 0 fully saturated rings. The van der Waals surface area contributed by atoms with E-state index in [1.165, 1.54) is 31.4 Å². The molecule has 0 saturated carbocycles. The van der Waals surface area contributed by atoms with Crippen LogP contribution < -0.4 is 4.74 Å². The number of carbonyl (C=O) groups excluding carboxylic acids is 2. The number of methoxy groups -OCH3 is 2. The average molecular weight is 359 g/mol. The summed E-state index contributed by atoms with van der Waals surface area (Å²) in [7, 11) is 2.89. The molecule has 5 nitrogen and oxygen atoms in total. The van der Waals surface area contributed by atoms with Gasteiger partial charge in [-0.15, -0.1) is 0 Å². The van der Waals surface area contributed by atoms with E-state index in [0.717, 1.165) is 5.56 Å². The molecule has 0 aliphatic rings. The second-order valence-corrected chi connectivity index (χ2v) is 5.96. The summed E-state index contributed by atoms with van der Waals surface area (Å²) < 4.78 is 23.0. The zero-order valence-electron chi connectivity index (χ0n) is 15.1. The normalized spacial score (nSPS) is 11.5. The molecule has 26 heavy (non-hydrogen) atoms. The molecule has 0 heterocycles. The third-order valence-corrected chi connectivity index (χ3v) is 4.01. The second-order valence-electron chi connectivity index (χ2n) is 5.96. The van der Waals surface area contributed by atoms with E-state index >= 15 is 0 Å². The van der Waals surface area contributed by atoms with Crippen molar-refractivity contribution in [3.05, 3.63) is 65.5 Å². The zero-order chi connectivity index (χ0) is 19.1. The van der Waals surface area contributed by atoms with Crippen molar-refractivity contribution in [2.75, 3.05) is 20.8 Å². The summed E-state index contributed by atoms with van der Waals surface area (Å²) >= 11 is 0. The van der Waals surface area contributed by atoms with Crippen LogP contribution in [0, 0.1) is 11.7 Å². The zero-order valence-corrected chi connectivity index (χ0v) is 15.1. The number of rotatable bonds is 7. The maximum absolute atomic E-state index is 13.1. The van der Waals surface area contributed by atoms with Crippen molar-refractivity contribution in [3.63, 3.8) is 0 Å². The van der Waals surface area contributed by atoms with Gasteiger partial charge >= 0.3 is 5.97 Å². The van der Waals surface area contributed by atoms with Gasteiger partial charge in [-0.1, -0.05) is 19.1 Å². The van der Waals surface area contributed by atoms with Crippen LogP contribution in [-0.2, 0) is 16.1 Å². The molecule has 6 heteroatoms. The van der Waals surface area contributed by atoms with Crippen molar-refractivity contribution in [1.82, 2.24) is 4.90 Å². The summed E-state index contributed by atoms with van der Waals surface area (Å²) in [5.41, 5.74) is 1.25. The fourth-order valence-corrected chi connectivity index (χ4v) is 2.55. The molecule has 2 aromatic carbocycles. The number of nitrogens with zero attached hydrogens (tertiary/aromatic N) is 1. The molecule has 0 aromatic heterocycles. The van der Waals surface area contributed by atoms with Crippen LogP contribution in [0.4, 0.5) is 4.39 Å². The number of benzene rings is 2. The molecule has 0 radical (unpaired) electrons. The van der Waals surface area contributed by atoms with Gasteiger partial charge in [0.2, 0.25) is 0 Å². The van der Waals surface area contributed by atoms with Gasteiger partial charge in [0.25, 0.3) is 5.91 Å². The molecule has 2 rings (SSSR count). The third-order valence-electron chi connectivity index (χ3n) is 4.01. The van der Waals surface area contributed by atoms with E-state index in [2.05, 4.69) is 0 Å². The van der Waals surface area contributed by atoms with Crippen LogP contribution >= 0.6 is 0 Å². The van der Waals surface area contributed by atoms with Crippen molar-refractivity contribution in [2.24, 2.45) is 5.92 Å². The second kappa shape index (κ2) is 8.99. The summed E-state index contributed by atoms with van der Waals surface area (Å²) in [6, 6.07) is 12.7. The monoisotopic (exact) mass is 359 g/mol. The Morgan fingerprint density at radius 2 is 1.65 bits per heavy atom. The largest absolute Gasteiger partial charge is 0.497 e. The highest BCUT2D eigenvalue weighted by Gasteiger charge is 2.23. The molecular weight excluding hydrogens is 337 g/mol. The summed E-state index contributed by atoms with van der Waals surface area (Å²) in [5, 5.41) is 0. The molecule has 0 saturated heterocycles. The van der Waals surface area contributed by atoms with E-state index < -0.39 is 17.7 Å². The van der Waals surface area contributed by atoms with Gasteiger partial charge in [-0.25, -0.2) is 4.39 Å². The third kappa shape index (κ3) is 5.05. The average Bonchev–Trinajstić information content (AvgIpc) is 2.67. The van der Waals surface area contributed by atoms with Crippen LogP contribution in [-0.4, -0.2) is 37.5 Å². The molecule has 0 spiro atoms. The van der Waals surface area contributed by atoms with Crippen LogP contribution in [0.15, 0.2) is 48.5 Å². The topological polar surface area (TPSA) is 55.8 Å². The fraction of sp³-hybridized carbons (Fsp3) is 0.300. The van der Waals surface area contributed by atoms with Crippen molar-refractivity contribution in [2.45, 2.75) is 13.5 Å². The van der Waals surface area contributed by atoms with Crippen molar-refractivity contribution < 1.29 is 23.5 Å². The predicted octanol–water partition coefficient (Wildman–Crippen LogP) is 3.29. The highest BCUT2D eigenvalue weighted by Crippen LogP contribution is 2.17. The minimum Gasteiger partial charge on any atom is -0.497 e. The van der Waals surface area contributed by atoms with E-state index in [4.69, 9.17) is 9.47 Å². The molecule has 2 aromatic rings. The summed E-state index contributed by atoms with van der Waals surface area (Å²) in [5.74, 6) is -0.852. The van der Waals surface area contributed by atoms with E-state index in [0.29, 0.717) is 17.9 Å². The van der Waals surface area contributed by atoms with Gasteiger partial charge in [0.15, 0.2) is 0 Å². The smallest absolute Gasteiger partial charge is 0.310 e. The van der Waals surface area contributed by atoms with E-state index in [1.54, 1.807) is 31.1 Å². The van der Waals surface area contributed by atoms with Gasteiger partial charge in [0.05, 0.1) is 20.1 Å². The number of hydrogen-bond acceptors (Lipinski definition) is 4. The van der Waals surface area contributed by atoms with Crippen molar-refractivity contribution >= 4 is 11.9 Å². The first-order valence-electron chi connectivity index (χ1n) is 8.20. The lowest BCUT2D eigenvalue weighted by molar-refractivity contribution is -0.145. The number of carbonyl (C=O) groups is 2.